The van der Waals surface area contributed by atoms with Crippen molar-refractivity contribution in [2.24, 2.45) is 0 Å². The fourth-order valence-electron chi connectivity index (χ4n) is 3.36. The third-order valence-electron chi connectivity index (χ3n) is 5.01. The van der Waals surface area contributed by atoms with Crippen molar-refractivity contribution in [3.05, 3.63) is 64.2 Å². The fourth-order valence-corrected chi connectivity index (χ4v) is 4.34. The molecule has 1 N–H and O–H groups in total. The van der Waals surface area contributed by atoms with E-state index in [-0.39, 0.29) is 18.9 Å². The number of carbonyl (C=O) groups is 1. The Morgan fingerprint density at radius 1 is 1.26 bits per heavy atom. The zero-order valence-corrected chi connectivity index (χ0v) is 17.2. The molecule has 0 radical (unpaired) electrons. The number of fused-ring (bicyclic) bond motifs is 1. The molecule has 2 aromatic carbocycles. The van der Waals surface area contributed by atoms with Crippen molar-refractivity contribution in [2.45, 2.75) is 32.0 Å². The molecule has 2 heterocycles. The van der Waals surface area contributed by atoms with E-state index in [1.807, 2.05) is 13.0 Å². The second-order valence-electron chi connectivity index (χ2n) is 7.20. The SMILES string of the molecule is Cc1nc(-c2ccc(C(F)(F)F)cc2)sc1COc1ccc2c(c1)OC[C@H]2CC(=O)O. The molecule has 3 aromatic rings. The summed E-state index contributed by atoms with van der Waals surface area (Å²) in [6.07, 6.45) is -4.36. The van der Waals surface area contributed by atoms with Crippen LogP contribution in [0.25, 0.3) is 10.6 Å². The average Bonchev–Trinajstić information content (AvgIpc) is 3.28. The molecular weight excluding hydrogens is 431 g/mol. The van der Waals surface area contributed by atoms with Crippen LogP contribution in [0.1, 0.15) is 34.0 Å². The Kier molecular flexibility index (Phi) is 5.62. The predicted molar refractivity (Wildman–Crippen MR) is 109 cm³/mol. The van der Waals surface area contributed by atoms with E-state index in [0.717, 1.165) is 28.3 Å². The number of aryl methyl sites for hydroxylation is 1. The highest BCUT2D eigenvalue weighted by atomic mass is 32.1. The Labute approximate surface area is 180 Å². The summed E-state index contributed by atoms with van der Waals surface area (Å²) in [4.78, 5) is 16.3. The summed E-state index contributed by atoms with van der Waals surface area (Å²) < 4.78 is 49.7. The van der Waals surface area contributed by atoms with Crippen LogP contribution in [0, 0.1) is 6.92 Å². The van der Waals surface area contributed by atoms with Gasteiger partial charge in [-0.2, -0.15) is 13.2 Å². The van der Waals surface area contributed by atoms with Crippen molar-refractivity contribution in [3.8, 4) is 22.1 Å². The first-order valence-corrected chi connectivity index (χ1v) is 10.3. The third kappa shape index (κ3) is 4.66. The van der Waals surface area contributed by atoms with Crippen molar-refractivity contribution in [1.82, 2.24) is 4.98 Å². The summed E-state index contributed by atoms with van der Waals surface area (Å²) >= 11 is 1.36. The maximum atomic E-state index is 12.7. The van der Waals surface area contributed by atoms with Crippen LogP contribution < -0.4 is 9.47 Å². The normalized spacial score (nSPS) is 15.4. The molecule has 162 valence electrons. The number of aliphatic carboxylic acids is 1. The van der Waals surface area contributed by atoms with Gasteiger partial charge in [0.15, 0.2) is 0 Å². The molecular formula is C22H18F3NO4S. The van der Waals surface area contributed by atoms with Gasteiger partial charge in [0.2, 0.25) is 0 Å². The number of rotatable bonds is 6. The average molecular weight is 449 g/mol. The Morgan fingerprint density at radius 2 is 2.00 bits per heavy atom. The van der Waals surface area contributed by atoms with Crippen molar-refractivity contribution in [2.75, 3.05) is 6.61 Å². The van der Waals surface area contributed by atoms with Gasteiger partial charge in [-0.15, -0.1) is 11.3 Å². The number of hydrogen-bond donors (Lipinski definition) is 1. The van der Waals surface area contributed by atoms with E-state index in [0.29, 0.717) is 28.7 Å². The molecule has 5 nitrogen and oxygen atoms in total. The molecule has 1 atom stereocenters. The number of aromatic nitrogens is 1. The van der Waals surface area contributed by atoms with Crippen molar-refractivity contribution in [3.63, 3.8) is 0 Å². The van der Waals surface area contributed by atoms with Gasteiger partial charge in [-0.05, 0) is 25.1 Å². The molecule has 0 aliphatic carbocycles. The van der Waals surface area contributed by atoms with E-state index < -0.39 is 17.7 Å². The van der Waals surface area contributed by atoms with Gasteiger partial charge in [0.25, 0.3) is 0 Å². The van der Waals surface area contributed by atoms with E-state index >= 15 is 0 Å². The molecule has 4 rings (SSSR count). The largest absolute Gasteiger partial charge is 0.492 e. The van der Waals surface area contributed by atoms with Gasteiger partial charge < -0.3 is 14.6 Å². The highest BCUT2D eigenvalue weighted by molar-refractivity contribution is 7.15. The number of hydrogen-bond acceptors (Lipinski definition) is 5. The zero-order chi connectivity index (χ0) is 22.2. The fraction of sp³-hybridized carbons (Fsp3) is 0.273. The van der Waals surface area contributed by atoms with E-state index in [1.54, 1.807) is 12.1 Å². The maximum Gasteiger partial charge on any atom is 0.416 e. The van der Waals surface area contributed by atoms with Crippen LogP contribution in [-0.2, 0) is 17.6 Å². The Hall–Kier alpha value is -3.07. The lowest BCUT2D eigenvalue weighted by atomic mass is 9.98. The Balaban J connectivity index is 1.44. The lowest BCUT2D eigenvalue weighted by Crippen LogP contribution is -2.07. The van der Waals surface area contributed by atoms with Crippen LogP contribution in [-0.4, -0.2) is 22.7 Å². The lowest BCUT2D eigenvalue weighted by Gasteiger charge is -2.08. The summed E-state index contributed by atoms with van der Waals surface area (Å²) in [7, 11) is 0. The molecule has 0 unspecified atom stereocenters. The smallest absolute Gasteiger partial charge is 0.416 e. The first kappa shape index (κ1) is 21.2. The van der Waals surface area contributed by atoms with Crippen LogP contribution in [0.3, 0.4) is 0 Å². The lowest BCUT2D eigenvalue weighted by molar-refractivity contribution is -0.138. The molecule has 0 saturated heterocycles. The molecule has 0 fully saturated rings. The topological polar surface area (TPSA) is 68.7 Å². The third-order valence-corrected chi connectivity index (χ3v) is 6.19. The number of ether oxygens (including phenoxy) is 2. The molecule has 0 amide bonds. The maximum absolute atomic E-state index is 12.7. The Bertz CT molecular complexity index is 1110. The molecule has 1 aliphatic heterocycles. The van der Waals surface area contributed by atoms with E-state index in [9.17, 15) is 18.0 Å². The number of halogens is 3. The zero-order valence-electron chi connectivity index (χ0n) is 16.4. The van der Waals surface area contributed by atoms with Crippen molar-refractivity contribution in [1.29, 1.82) is 0 Å². The monoisotopic (exact) mass is 449 g/mol. The van der Waals surface area contributed by atoms with Crippen LogP contribution in [0.15, 0.2) is 42.5 Å². The minimum Gasteiger partial charge on any atom is -0.492 e. The second-order valence-corrected chi connectivity index (χ2v) is 8.28. The van der Waals surface area contributed by atoms with Gasteiger partial charge in [0, 0.05) is 23.1 Å². The van der Waals surface area contributed by atoms with Crippen LogP contribution in [0.5, 0.6) is 11.5 Å². The first-order valence-electron chi connectivity index (χ1n) is 9.46. The molecule has 0 saturated carbocycles. The summed E-state index contributed by atoms with van der Waals surface area (Å²) in [5.41, 5.74) is 1.52. The minimum atomic E-state index is -4.37. The van der Waals surface area contributed by atoms with Gasteiger partial charge in [-0.25, -0.2) is 4.98 Å². The molecule has 0 bridgehead atoms. The molecule has 31 heavy (non-hydrogen) atoms. The minimum absolute atomic E-state index is 0.0139. The highest BCUT2D eigenvalue weighted by Gasteiger charge is 2.30. The molecule has 0 spiro atoms. The number of nitrogens with zero attached hydrogens (tertiary/aromatic N) is 1. The number of thiazole rings is 1. The van der Waals surface area contributed by atoms with Crippen LogP contribution >= 0.6 is 11.3 Å². The number of carboxylic acids is 1. The van der Waals surface area contributed by atoms with Gasteiger partial charge >= 0.3 is 12.1 Å². The van der Waals surface area contributed by atoms with Gasteiger partial charge in [-0.1, -0.05) is 18.2 Å². The van der Waals surface area contributed by atoms with E-state index in [1.165, 1.54) is 23.5 Å². The molecule has 9 heteroatoms. The summed E-state index contributed by atoms with van der Waals surface area (Å²) in [6, 6.07) is 10.3. The summed E-state index contributed by atoms with van der Waals surface area (Å²) in [5.74, 6) is 0.164. The summed E-state index contributed by atoms with van der Waals surface area (Å²) in [5, 5.41) is 9.61. The van der Waals surface area contributed by atoms with E-state index in [2.05, 4.69) is 4.98 Å². The van der Waals surface area contributed by atoms with Crippen LogP contribution in [0.2, 0.25) is 0 Å². The first-order chi connectivity index (χ1) is 14.7. The number of benzene rings is 2. The second kappa shape index (κ2) is 8.22. The predicted octanol–water partition coefficient (Wildman–Crippen LogP) is 5.67. The standard InChI is InChI=1S/C22H18F3NO4S/c1-12-19(31-21(26-12)13-2-4-15(5-3-13)22(23,24)25)11-29-16-6-7-17-14(8-20(27)28)10-30-18(17)9-16/h2-7,9,14H,8,10-11H2,1H3,(H,27,28)/t14-/m1/s1. The number of carboxylic acid groups (broad SMARTS) is 1. The van der Waals surface area contributed by atoms with Gasteiger partial charge in [-0.3, -0.25) is 4.79 Å². The number of alkyl halides is 3. The van der Waals surface area contributed by atoms with E-state index in [4.69, 9.17) is 14.6 Å². The van der Waals surface area contributed by atoms with Gasteiger partial charge in [0.05, 0.1) is 29.2 Å². The molecule has 1 aromatic heterocycles. The molecule has 1 aliphatic rings. The van der Waals surface area contributed by atoms with Crippen molar-refractivity contribution >= 4 is 17.3 Å². The highest BCUT2D eigenvalue weighted by Crippen LogP contribution is 2.39. The van der Waals surface area contributed by atoms with Gasteiger partial charge in [0.1, 0.15) is 23.1 Å². The quantitative estimate of drug-likeness (QED) is 0.525. The summed E-state index contributed by atoms with van der Waals surface area (Å²) in [6.45, 7) is 2.40. The Morgan fingerprint density at radius 3 is 2.68 bits per heavy atom. The van der Waals surface area contributed by atoms with Crippen LogP contribution in [0.4, 0.5) is 13.2 Å². The van der Waals surface area contributed by atoms with Crippen molar-refractivity contribution < 1.29 is 32.5 Å².